The van der Waals surface area contributed by atoms with Crippen molar-refractivity contribution in [3.63, 3.8) is 0 Å². The third-order valence-electron chi connectivity index (χ3n) is 5.37. The number of fused-ring (bicyclic) bond motifs is 1. The fraction of sp³-hybridized carbons (Fsp3) is 0.192. The van der Waals surface area contributed by atoms with Gasteiger partial charge in [-0.1, -0.05) is 78.9 Å². The van der Waals surface area contributed by atoms with E-state index < -0.39 is 6.04 Å². The molecule has 0 saturated heterocycles. The number of hydrogen-bond donors (Lipinski definition) is 2. The van der Waals surface area contributed by atoms with Crippen molar-refractivity contribution in [2.24, 2.45) is 0 Å². The Bertz CT molecular complexity index is 1100. The highest BCUT2D eigenvalue weighted by molar-refractivity contribution is 6.10. The van der Waals surface area contributed by atoms with Gasteiger partial charge in [-0.2, -0.15) is 0 Å². The van der Waals surface area contributed by atoms with Crippen LogP contribution in [0.5, 0.6) is 0 Å². The Balaban J connectivity index is 1.73. The molecule has 0 spiro atoms. The molecule has 4 heteroatoms. The number of carbonyl (C=O) groups is 1. The highest BCUT2D eigenvalue weighted by Gasteiger charge is 2.27. The summed E-state index contributed by atoms with van der Waals surface area (Å²) in [7, 11) is 4.10. The van der Waals surface area contributed by atoms with Crippen LogP contribution < -0.4 is 5.32 Å². The first kappa shape index (κ1) is 20.1. The van der Waals surface area contributed by atoms with Crippen molar-refractivity contribution < 1.29 is 4.79 Å². The van der Waals surface area contributed by atoms with E-state index in [1.54, 1.807) is 0 Å². The number of aromatic amines is 1. The van der Waals surface area contributed by atoms with Crippen LogP contribution in [0, 0.1) is 0 Å². The van der Waals surface area contributed by atoms with Gasteiger partial charge in [0.05, 0.1) is 6.04 Å². The van der Waals surface area contributed by atoms with Crippen LogP contribution in [-0.4, -0.2) is 36.3 Å². The third kappa shape index (κ3) is 4.35. The first-order valence-electron chi connectivity index (χ1n) is 10.2. The molecule has 152 valence electrons. The van der Waals surface area contributed by atoms with Crippen molar-refractivity contribution >= 4 is 16.7 Å². The Morgan fingerprint density at radius 1 is 0.867 bits per heavy atom. The zero-order valence-corrected chi connectivity index (χ0v) is 17.4. The minimum atomic E-state index is -0.449. The average Bonchev–Trinajstić information content (AvgIpc) is 3.21. The number of para-hydroxylation sites is 1. The van der Waals surface area contributed by atoms with Crippen LogP contribution in [-0.2, 0) is 0 Å². The minimum absolute atomic E-state index is 0.0144. The summed E-state index contributed by atoms with van der Waals surface area (Å²) in [6, 6.07) is 27.8. The van der Waals surface area contributed by atoms with Gasteiger partial charge in [-0.25, -0.2) is 0 Å². The molecule has 30 heavy (non-hydrogen) atoms. The topological polar surface area (TPSA) is 48.1 Å². The van der Waals surface area contributed by atoms with Gasteiger partial charge in [0.15, 0.2) is 5.78 Å². The molecule has 4 nitrogen and oxygen atoms in total. The number of rotatable bonds is 8. The lowest BCUT2D eigenvalue weighted by Gasteiger charge is -2.28. The van der Waals surface area contributed by atoms with Gasteiger partial charge in [-0.3, -0.25) is 10.1 Å². The molecule has 0 aliphatic rings. The number of hydrogen-bond acceptors (Lipinski definition) is 3. The second kappa shape index (κ2) is 9.08. The predicted octanol–water partition coefficient (Wildman–Crippen LogP) is 4.98. The highest BCUT2D eigenvalue weighted by Crippen LogP contribution is 2.27. The van der Waals surface area contributed by atoms with Crippen LogP contribution in [0.2, 0.25) is 0 Å². The Morgan fingerprint density at radius 2 is 1.47 bits per heavy atom. The molecule has 2 N–H and O–H groups in total. The summed E-state index contributed by atoms with van der Waals surface area (Å²) in [5, 5.41) is 4.62. The summed E-state index contributed by atoms with van der Waals surface area (Å²) >= 11 is 0. The van der Waals surface area contributed by atoms with Crippen LogP contribution in [0.1, 0.15) is 33.6 Å². The van der Waals surface area contributed by atoms with E-state index in [2.05, 4.69) is 41.4 Å². The molecule has 4 aromatic rings. The summed E-state index contributed by atoms with van der Waals surface area (Å²) < 4.78 is 0. The molecule has 0 bridgehead atoms. The zero-order valence-electron chi connectivity index (χ0n) is 17.4. The molecule has 0 radical (unpaired) electrons. The number of nitrogens with one attached hydrogen (secondary N) is 2. The number of carbonyl (C=O) groups excluding carboxylic acids is 1. The van der Waals surface area contributed by atoms with Gasteiger partial charge in [0.2, 0.25) is 0 Å². The summed E-state index contributed by atoms with van der Waals surface area (Å²) in [6.07, 6.45) is 1.83. The van der Waals surface area contributed by atoms with Crippen LogP contribution >= 0.6 is 0 Å². The lowest BCUT2D eigenvalue weighted by molar-refractivity contribution is 0.0934. The maximum atomic E-state index is 13.8. The van der Waals surface area contributed by atoms with Crippen molar-refractivity contribution in [3.05, 3.63) is 108 Å². The lowest BCUT2D eigenvalue weighted by atomic mass is 9.95. The molecule has 0 aliphatic carbocycles. The summed E-state index contributed by atoms with van der Waals surface area (Å²) in [4.78, 5) is 19.2. The summed E-state index contributed by atoms with van der Waals surface area (Å²) in [6.45, 7) is 0.786. The Kier molecular flexibility index (Phi) is 6.07. The van der Waals surface area contributed by atoms with Gasteiger partial charge in [-0.15, -0.1) is 0 Å². The Hall–Kier alpha value is -3.21. The monoisotopic (exact) mass is 397 g/mol. The van der Waals surface area contributed by atoms with Gasteiger partial charge in [-0.05, 0) is 31.3 Å². The smallest absolute Gasteiger partial charge is 0.186 e. The second-order valence-corrected chi connectivity index (χ2v) is 7.85. The molecule has 0 unspecified atom stereocenters. The van der Waals surface area contributed by atoms with Gasteiger partial charge in [0, 0.05) is 35.2 Å². The number of benzene rings is 3. The largest absolute Gasteiger partial charge is 0.360 e. The van der Waals surface area contributed by atoms with Gasteiger partial charge in [0.1, 0.15) is 0 Å². The molecular formula is C26H27N3O. The second-order valence-electron chi connectivity index (χ2n) is 7.85. The van der Waals surface area contributed by atoms with E-state index in [1.165, 1.54) is 5.56 Å². The van der Waals surface area contributed by atoms with E-state index in [0.29, 0.717) is 5.56 Å². The molecule has 0 saturated carbocycles. The first-order valence-corrected chi connectivity index (χ1v) is 10.2. The molecule has 2 atom stereocenters. The van der Waals surface area contributed by atoms with E-state index in [-0.39, 0.29) is 11.8 Å². The molecule has 1 aromatic heterocycles. The third-order valence-corrected chi connectivity index (χ3v) is 5.37. The Labute approximate surface area is 177 Å². The van der Waals surface area contributed by atoms with E-state index in [1.807, 2.05) is 79.0 Å². The number of nitrogens with zero attached hydrogens (tertiary/aromatic N) is 1. The fourth-order valence-corrected chi connectivity index (χ4v) is 3.91. The van der Waals surface area contributed by atoms with E-state index >= 15 is 0 Å². The maximum Gasteiger partial charge on any atom is 0.186 e. The number of ketones is 1. The average molecular weight is 398 g/mol. The van der Waals surface area contributed by atoms with Crippen molar-refractivity contribution in [2.75, 3.05) is 20.6 Å². The van der Waals surface area contributed by atoms with Gasteiger partial charge in [0.25, 0.3) is 0 Å². The Morgan fingerprint density at radius 3 is 2.13 bits per heavy atom. The normalized spacial score (nSPS) is 13.4. The van der Waals surface area contributed by atoms with Gasteiger partial charge < -0.3 is 9.88 Å². The lowest BCUT2D eigenvalue weighted by Crippen LogP contribution is -2.37. The highest BCUT2D eigenvalue weighted by atomic mass is 16.1. The van der Waals surface area contributed by atoms with Gasteiger partial charge >= 0.3 is 0 Å². The minimum Gasteiger partial charge on any atom is -0.360 e. The molecule has 0 aliphatic heterocycles. The summed E-state index contributed by atoms with van der Waals surface area (Å²) in [5.41, 5.74) is 3.82. The quantitative estimate of drug-likeness (QED) is 0.412. The summed E-state index contributed by atoms with van der Waals surface area (Å²) in [5.74, 6) is 0.0679. The van der Waals surface area contributed by atoms with Crippen molar-refractivity contribution in [3.8, 4) is 0 Å². The molecule has 1 heterocycles. The van der Waals surface area contributed by atoms with Crippen LogP contribution in [0.15, 0.2) is 91.1 Å². The molecule has 0 amide bonds. The molecule has 4 rings (SSSR count). The molecule has 0 fully saturated rings. The van der Waals surface area contributed by atoms with E-state index in [0.717, 1.165) is 23.0 Å². The van der Waals surface area contributed by atoms with Crippen LogP contribution in [0.25, 0.3) is 10.9 Å². The standard InChI is InChI=1S/C26H27N3O/c1-29(2)18-24(19-11-5-3-6-12-19)28-25(20-13-7-4-8-14-20)26(30)22-17-27-23-16-10-9-15-21(22)23/h3-17,24-25,27-28H,18H2,1-2H3/t24-,25+/m1/s1. The number of likely N-dealkylation sites (N-methyl/N-ethyl adjacent to an activating group) is 1. The zero-order chi connectivity index (χ0) is 20.9. The predicted molar refractivity (Wildman–Crippen MR) is 123 cm³/mol. The van der Waals surface area contributed by atoms with Crippen molar-refractivity contribution in [2.45, 2.75) is 12.1 Å². The van der Waals surface area contributed by atoms with Crippen molar-refractivity contribution in [1.29, 1.82) is 0 Å². The fourth-order valence-electron chi connectivity index (χ4n) is 3.91. The number of H-pyrrole nitrogens is 1. The SMILES string of the molecule is CN(C)C[C@@H](N[C@H](C(=O)c1c[nH]c2ccccc12)c1ccccc1)c1ccccc1. The number of Topliss-reactive ketones (excluding diaryl/α,β-unsaturated/α-hetero) is 1. The first-order chi connectivity index (χ1) is 14.6. The van der Waals surface area contributed by atoms with E-state index in [4.69, 9.17) is 0 Å². The number of aromatic nitrogens is 1. The maximum absolute atomic E-state index is 13.8. The molecule has 3 aromatic carbocycles. The van der Waals surface area contributed by atoms with Crippen LogP contribution in [0.3, 0.4) is 0 Å². The van der Waals surface area contributed by atoms with Crippen molar-refractivity contribution in [1.82, 2.24) is 15.2 Å². The van der Waals surface area contributed by atoms with Crippen LogP contribution in [0.4, 0.5) is 0 Å². The molecular weight excluding hydrogens is 370 g/mol. The van der Waals surface area contributed by atoms with E-state index in [9.17, 15) is 4.79 Å².